The second-order valence-corrected chi connectivity index (χ2v) is 7.20. The van der Waals surface area contributed by atoms with E-state index in [0.29, 0.717) is 6.04 Å². The molecule has 0 spiro atoms. The predicted molar refractivity (Wildman–Crippen MR) is 70.0 cm³/mol. The number of nitrogens with one attached hydrogen (secondary N) is 1. The van der Waals surface area contributed by atoms with Gasteiger partial charge in [0, 0.05) is 34.4 Å². The quantitative estimate of drug-likeness (QED) is 0.824. The van der Waals surface area contributed by atoms with Crippen molar-refractivity contribution < 1.29 is 4.21 Å². The fraction of sp³-hybridized carbons (Fsp3) is 1.00. The zero-order valence-electron chi connectivity index (χ0n) is 10.6. The first-order valence-electron chi connectivity index (χ1n) is 6.81. The highest BCUT2D eigenvalue weighted by molar-refractivity contribution is 7.85. The van der Waals surface area contributed by atoms with Crippen LogP contribution in [0.3, 0.4) is 0 Å². The monoisotopic (exact) mass is 243 g/mol. The molecule has 1 N–H and O–H groups in total. The minimum Gasteiger partial charge on any atom is -0.311 e. The summed E-state index contributed by atoms with van der Waals surface area (Å²) in [6.45, 7) is 4.72. The molecule has 16 heavy (non-hydrogen) atoms. The lowest BCUT2D eigenvalue weighted by atomic mass is 9.93. The van der Waals surface area contributed by atoms with Gasteiger partial charge in [0.1, 0.15) is 0 Å². The van der Waals surface area contributed by atoms with Crippen LogP contribution in [0.5, 0.6) is 0 Å². The van der Waals surface area contributed by atoms with Crippen molar-refractivity contribution in [3.63, 3.8) is 0 Å². The van der Waals surface area contributed by atoms with Gasteiger partial charge in [0.2, 0.25) is 0 Å². The fourth-order valence-corrected chi connectivity index (χ4v) is 4.62. The lowest BCUT2D eigenvalue weighted by Gasteiger charge is -2.29. The summed E-state index contributed by atoms with van der Waals surface area (Å²) in [4.78, 5) is 0. The molecular formula is C13H25NOS. The zero-order valence-corrected chi connectivity index (χ0v) is 11.4. The van der Waals surface area contributed by atoms with Crippen molar-refractivity contribution in [1.29, 1.82) is 0 Å². The number of rotatable bonds is 3. The van der Waals surface area contributed by atoms with Gasteiger partial charge < -0.3 is 5.32 Å². The van der Waals surface area contributed by atoms with Crippen LogP contribution < -0.4 is 5.32 Å². The molecular weight excluding hydrogens is 218 g/mol. The van der Waals surface area contributed by atoms with Crippen LogP contribution in [0.2, 0.25) is 0 Å². The fourth-order valence-electron chi connectivity index (χ4n) is 3.32. The molecule has 3 heteroatoms. The molecule has 0 aromatic rings. The second kappa shape index (κ2) is 5.63. The van der Waals surface area contributed by atoms with E-state index in [1.54, 1.807) is 0 Å². The van der Waals surface area contributed by atoms with Gasteiger partial charge in [0.05, 0.1) is 0 Å². The van der Waals surface area contributed by atoms with E-state index in [-0.39, 0.29) is 0 Å². The lowest BCUT2D eigenvalue weighted by molar-refractivity contribution is 0.312. The molecule has 94 valence electrons. The molecule has 2 rings (SSSR count). The largest absolute Gasteiger partial charge is 0.311 e. The minimum absolute atomic E-state index is 0.521. The average Bonchev–Trinajstić information content (AvgIpc) is 2.63. The number of hydrogen-bond donors (Lipinski definition) is 1. The summed E-state index contributed by atoms with van der Waals surface area (Å²) in [6, 6.07) is 1.36. The third-order valence-corrected chi connectivity index (χ3v) is 5.97. The molecule has 0 radical (unpaired) electrons. The van der Waals surface area contributed by atoms with E-state index in [0.717, 1.165) is 42.2 Å². The highest BCUT2D eigenvalue weighted by Gasteiger charge is 2.33. The Morgan fingerprint density at radius 3 is 2.44 bits per heavy atom. The summed E-state index contributed by atoms with van der Waals surface area (Å²) in [5.74, 6) is 3.58. The molecule has 0 aromatic carbocycles. The third kappa shape index (κ3) is 2.86. The van der Waals surface area contributed by atoms with E-state index in [4.69, 9.17) is 0 Å². The Hall–Kier alpha value is 0.110. The van der Waals surface area contributed by atoms with E-state index in [1.165, 1.54) is 19.3 Å². The van der Waals surface area contributed by atoms with Crippen LogP contribution in [0.4, 0.5) is 0 Å². The molecule has 3 unspecified atom stereocenters. The maximum atomic E-state index is 11.3. The molecule has 1 saturated heterocycles. The molecule has 0 amide bonds. The summed E-state index contributed by atoms with van der Waals surface area (Å²) >= 11 is 0. The molecule has 1 aliphatic carbocycles. The van der Waals surface area contributed by atoms with Gasteiger partial charge >= 0.3 is 0 Å². The Labute approximate surface area is 102 Å². The Morgan fingerprint density at radius 1 is 1.19 bits per heavy atom. The van der Waals surface area contributed by atoms with E-state index >= 15 is 0 Å². The van der Waals surface area contributed by atoms with Crippen molar-refractivity contribution in [2.75, 3.05) is 11.5 Å². The Morgan fingerprint density at radius 2 is 1.88 bits per heavy atom. The molecule has 1 saturated carbocycles. The topological polar surface area (TPSA) is 29.1 Å². The second-order valence-electron chi connectivity index (χ2n) is 5.50. The van der Waals surface area contributed by atoms with Gasteiger partial charge in [-0.15, -0.1) is 0 Å². The molecule has 3 atom stereocenters. The van der Waals surface area contributed by atoms with E-state index in [2.05, 4.69) is 19.2 Å². The van der Waals surface area contributed by atoms with Crippen LogP contribution in [-0.2, 0) is 10.8 Å². The molecule has 0 bridgehead atoms. The van der Waals surface area contributed by atoms with Crippen molar-refractivity contribution in [2.24, 2.45) is 11.8 Å². The Balaban J connectivity index is 1.79. The summed E-state index contributed by atoms with van der Waals surface area (Å²) in [6.07, 6.45) is 6.31. The van der Waals surface area contributed by atoms with Gasteiger partial charge in [-0.05, 0) is 37.5 Å². The van der Waals surface area contributed by atoms with Crippen molar-refractivity contribution in [2.45, 2.75) is 58.0 Å². The zero-order chi connectivity index (χ0) is 11.5. The van der Waals surface area contributed by atoms with Crippen LogP contribution in [0.25, 0.3) is 0 Å². The minimum atomic E-state index is -0.521. The highest BCUT2D eigenvalue weighted by atomic mass is 32.2. The van der Waals surface area contributed by atoms with Crippen LogP contribution in [-0.4, -0.2) is 27.8 Å². The first-order chi connectivity index (χ1) is 7.70. The van der Waals surface area contributed by atoms with Crippen LogP contribution in [0.15, 0.2) is 0 Å². The average molecular weight is 243 g/mol. The van der Waals surface area contributed by atoms with Crippen molar-refractivity contribution >= 4 is 10.8 Å². The summed E-state index contributed by atoms with van der Waals surface area (Å²) < 4.78 is 11.3. The van der Waals surface area contributed by atoms with Gasteiger partial charge in [0.25, 0.3) is 0 Å². The molecule has 2 nitrogen and oxygen atoms in total. The standard InChI is InChI=1S/C13H25NOS/c1-3-11-4-5-13(10(11)2)14-12-6-8-16(15)9-7-12/h10-14H,3-9H2,1-2H3. The SMILES string of the molecule is CCC1CCC(NC2CCS(=O)CC2)C1C. The summed E-state index contributed by atoms with van der Waals surface area (Å²) in [5, 5.41) is 3.82. The molecule has 0 aromatic heterocycles. The van der Waals surface area contributed by atoms with Gasteiger partial charge in [-0.3, -0.25) is 4.21 Å². The maximum absolute atomic E-state index is 11.3. The first-order valence-corrected chi connectivity index (χ1v) is 8.30. The van der Waals surface area contributed by atoms with Gasteiger partial charge in [-0.2, -0.15) is 0 Å². The first kappa shape index (κ1) is 12.6. The van der Waals surface area contributed by atoms with Gasteiger partial charge in [0.15, 0.2) is 0 Å². The Bertz CT molecular complexity index is 246. The normalized spacial score (nSPS) is 44.8. The van der Waals surface area contributed by atoms with Crippen LogP contribution >= 0.6 is 0 Å². The van der Waals surface area contributed by atoms with Gasteiger partial charge in [-0.25, -0.2) is 0 Å². The highest BCUT2D eigenvalue weighted by Crippen LogP contribution is 2.34. The van der Waals surface area contributed by atoms with Crippen molar-refractivity contribution in [1.82, 2.24) is 5.32 Å². The number of hydrogen-bond acceptors (Lipinski definition) is 2. The van der Waals surface area contributed by atoms with Crippen LogP contribution in [0, 0.1) is 11.8 Å². The van der Waals surface area contributed by atoms with E-state index < -0.39 is 10.8 Å². The van der Waals surface area contributed by atoms with E-state index in [9.17, 15) is 4.21 Å². The molecule has 2 aliphatic rings. The summed E-state index contributed by atoms with van der Waals surface area (Å²) in [7, 11) is -0.521. The molecule has 2 fully saturated rings. The molecule has 1 heterocycles. The van der Waals surface area contributed by atoms with Crippen molar-refractivity contribution in [3.8, 4) is 0 Å². The van der Waals surface area contributed by atoms with Crippen molar-refractivity contribution in [3.05, 3.63) is 0 Å². The third-order valence-electron chi connectivity index (χ3n) is 4.59. The summed E-state index contributed by atoms with van der Waals surface area (Å²) in [5.41, 5.74) is 0. The van der Waals surface area contributed by atoms with E-state index in [1.807, 2.05) is 0 Å². The van der Waals surface area contributed by atoms with Gasteiger partial charge in [-0.1, -0.05) is 20.3 Å². The molecule has 1 aliphatic heterocycles. The maximum Gasteiger partial charge on any atom is 0.0249 e. The predicted octanol–water partition coefficient (Wildman–Crippen LogP) is 2.31. The smallest absolute Gasteiger partial charge is 0.0249 e. The van der Waals surface area contributed by atoms with Crippen LogP contribution in [0.1, 0.15) is 46.0 Å². The Kier molecular flexibility index (Phi) is 4.42. The lowest BCUT2D eigenvalue weighted by Crippen LogP contribution is -2.43.